The lowest BCUT2D eigenvalue weighted by Crippen LogP contribution is -1.94. The minimum Gasteiger partial charge on any atom is -0.478 e. The van der Waals surface area contributed by atoms with Crippen LogP contribution in [-0.4, -0.2) is 21.0 Å². The van der Waals surface area contributed by atoms with Gasteiger partial charge < -0.3 is 5.11 Å². The Hall–Kier alpha value is -2.53. The van der Waals surface area contributed by atoms with E-state index in [2.05, 4.69) is 9.97 Å². The maximum atomic E-state index is 10.8. The van der Waals surface area contributed by atoms with Gasteiger partial charge in [-0.1, -0.05) is 18.2 Å². The summed E-state index contributed by atoms with van der Waals surface area (Å²) in [6, 6.07) is 12.4. The average molecular weight is 282 g/mol. The fourth-order valence-electron chi connectivity index (χ4n) is 1.79. The van der Waals surface area contributed by atoms with Crippen LogP contribution in [0, 0.1) is 0 Å². The molecule has 0 unspecified atom stereocenters. The summed E-state index contributed by atoms with van der Waals surface area (Å²) in [6.07, 6.45) is 1.73. The molecule has 98 valence electrons. The number of rotatable bonds is 3. The zero-order valence-corrected chi connectivity index (χ0v) is 11.2. The van der Waals surface area contributed by atoms with Crippen LogP contribution in [0.25, 0.3) is 22.0 Å². The zero-order valence-electron chi connectivity index (χ0n) is 10.4. The van der Waals surface area contributed by atoms with Gasteiger partial charge in [-0.2, -0.15) is 0 Å². The molecule has 1 aromatic carbocycles. The lowest BCUT2D eigenvalue weighted by Gasteiger charge is -1.98. The number of carbonyl (C=O) groups is 1. The van der Waals surface area contributed by atoms with Crippen molar-refractivity contribution in [3.63, 3.8) is 0 Å². The molecule has 3 aromatic rings. The molecule has 0 radical (unpaired) electrons. The normalized spacial score (nSPS) is 10.4. The SMILES string of the molecule is O=C(O)c1ccc(-c2nc(-c3ccccn3)cs2)cc1. The van der Waals surface area contributed by atoms with Gasteiger partial charge in [-0.25, -0.2) is 9.78 Å². The Morgan fingerprint density at radius 2 is 1.85 bits per heavy atom. The highest BCUT2D eigenvalue weighted by atomic mass is 32.1. The lowest BCUT2D eigenvalue weighted by molar-refractivity contribution is 0.0697. The Balaban J connectivity index is 1.92. The van der Waals surface area contributed by atoms with E-state index in [9.17, 15) is 4.79 Å². The standard InChI is InChI=1S/C15H10N2O2S/c18-15(19)11-6-4-10(5-7-11)14-17-13(9-20-14)12-3-1-2-8-16-12/h1-9H,(H,18,19). The third-order valence-corrected chi connectivity index (χ3v) is 3.70. The molecule has 1 N–H and O–H groups in total. The predicted octanol–water partition coefficient (Wildman–Crippen LogP) is 3.57. The van der Waals surface area contributed by atoms with Crippen LogP contribution in [0.4, 0.5) is 0 Å². The van der Waals surface area contributed by atoms with Crippen molar-refractivity contribution in [2.45, 2.75) is 0 Å². The first kappa shape index (κ1) is 12.5. The molecule has 0 saturated heterocycles. The summed E-state index contributed by atoms with van der Waals surface area (Å²) in [5.74, 6) is -0.926. The average Bonchev–Trinajstić information content (AvgIpc) is 2.98. The minimum atomic E-state index is -0.926. The highest BCUT2D eigenvalue weighted by Gasteiger charge is 2.08. The fraction of sp³-hybridized carbons (Fsp3) is 0. The van der Waals surface area contributed by atoms with Crippen molar-refractivity contribution in [2.24, 2.45) is 0 Å². The summed E-state index contributed by atoms with van der Waals surface area (Å²) >= 11 is 1.51. The third-order valence-electron chi connectivity index (χ3n) is 2.81. The van der Waals surface area contributed by atoms with E-state index in [0.29, 0.717) is 0 Å². The number of benzene rings is 1. The molecular formula is C15H10N2O2S. The molecule has 0 amide bonds. The van der Waals surface area contributed by atoms with E-state index in [1.54, 1.807) is 30.5 Å². The van der Waals surface area contributed by atoms with E-state index < -0.39 is 5.97 Å². The molecular weight excluding hydrogens is 272 g/mol. The zero-order chi connectivity index (χ0) is 13.9. The number of pyridine rings is 1. The van der Waals surface area contributed by atoms with Crippen molar-refractivity contribution < 1.29 is 9.90 Å². The van der Waals surface area contributed by atoms with Gasteiger partial charge in [0.05, 0.1) is 11.3 Å². The lowest BCUT2D eigenvalue weighted by atomic mass is 10.1. The van der Waals surface area contributed by atoms with Crippen LogP contribution in [-0.2, 0) is 0 Å². The van der Waals surface area contributed by atoms with Crippen LogP contribution in [0.2, 0.25) is 0 Å². The molecule has 0 saturated carbocycles. The van der Waals surface area contributed by atoms with Gasteiger partial charge in [0.15, 0.2) is 0 Å². The maximum Gasteiger partial charge on any atom is 0.335 e. The number of hydrogen-bond acceptors (Lipinski definition) is 4. The van der Waals surface area contributed by atoms with Crippen molar-refractivity contribution in [1.29, 1.82) is 0 Å². The summed E-state index contributed by atoms with van der Waals surface area (Å²) in [5.41, 5.74) is 2.84. The minimum absolute atomic E-state index is 0.273. The van der Waals surface area contributed by atoms with Gasteiger partial charge >= 0.3 is 5.97 Å². The first-order valence-corrected chi connectivity index (χ1v) is 6.82. The first-order chi connectivity index (χ1) is 9.74. The molecule has 2 heterocycles. The van der Waals surface area contributed by atoms with Crippen molar-refractivity contribution >= 4 is 17.3 Å². The van der Waals surface area contributed by atoms with Crippen molar-refractivity contribution in [1.82, 2.24) is 9.97 Å². The number of aromatic carboxylic acids is 1. The van der Waals surface area contributed by atoms with Gasteiger partial charge in [-0.15, -0.1) is 11.3 Å². The van der Waals surface area contributed by atoms with Crippen LogP contribution < -0.4 is 0 Å². The van der Waals surface area contributed by atoms with E-state index in [1.807, 2.05) is 23.6 Å². The van der Waals surface area contributed by atoms with Gasteiger partial charge in [0.1, 0.15) is 10.7 Å². The second kappa shape index (κ2) is 5.22. The van der Waals surface area contributed by atoms with Crippen molar-refractivity contribution in [3.8, 4) is 22.0 Å². The molecule has 4 nitrogen and oxygen atoms in total. The summed E-state index contributed by atoms with van der Waals surface area (Å²) < 4.78 is 0. The Morgan fingerprint density at radius 1 is 1.05 bits per heavy atom. The molecule has 0 spiro atoms. The van der Waals surface area contributed by atoms with Crippen LogP contribution in [0.1, 0.15) is 10.4 Å². The van der Waals surface area contributed by atoms with Gasteiger partial charge in [-0.05, 0) is 24.3 Å². The van der Waals surface area contributed by atoms with E-state index in [4.69, 9.17) is 5.11 Å². The van der Waals surface area contributed by atoms with Crippen LogP contribution >= 0.6 is 11.3 Å². The van der Waals surface area contributed by atoms with E-state index >= 15 is 0 Å². The van der Waals surface area contributed by atoms with Crippen molar-refractivity contribution in [3.05, 3.63) is 59.6 Å². The largest absolute Gasteiger partial charge is 0.478 e. The molecule has 2 aromatic heterocycles. The van der Waals surface area contributed by atoms with Gasteiger partial charge in [-0.3, -0.25) is 4.98 Å². The highest BCUT2D eigenvalue weighted by Crippen LogP contribution is 2.28. The Labute approximate surface area is 119 Å². The Kier molecular flexibility index (Phi) is 3.26. The predicted molar refractivity (Wildman–Crippen MR) is 77.7 cm³/mol. The third kappa shape index (κ3) is 2.44. The van der Waals surface area contributed by atoms with Gasteiger partial charge in [0, 0.05) is 17.1 Å². The van der Waals surface area contributed by atoms with Crippen LogP contribution in [0.3, 0.4) is 0 Å². The number of carboxylic acid groups (broad SMARTS) is 1. The summed E-state index contributed by atoms with van der Waals surface area (Å²) in [7, 11) is 0. The molecule has 5 heteroatoms. The highest BCUT2D eigenvalue weighted by molar-refractivity contribution is 7.13. The van der Waals surface area contributed by atoms with Gasteiger partial charge in [0.2, 0.25) is 0 Å². The Bertz CT molecular complexity index is 736. The molecule has 0 aliphatic rings. The molecule has 0 aliphatic heterocycles. The summed E-state index contributed by atoms with van der Waals surface area (Å²) in [4.78, 5) is 19.6. The molecule has 0 aliphatic carbocycles. The quantitative estimate of drug-likeness (QED) is 0.797. The van der Waals surface area contributed by atoms with Crippen molar-refractivity contribution in [2.75, 3.05) is 0 Å². The van der Waals surface area contributed by atoms with E-state index in [-0.39, 0.29) is 5.56 Å². The number of aromatic nitrogens is 2. The molecule has 0 atom stereocenters. The molecule has 20 heavy (non-hydrogen) atoms. The molecule has 3 rings (SSSR count). The van der Waals surface area contributed by atoms with Crippen LogP contribution in [0.5, 0.6) is 0 Å². The molecule has 0 bridgehead atoms. The first-order valence-electron chi connectivity index (χ1n) is 5.95. The topological polar surface area (TPSA) is 63.1 Å². The number of hydrogen-bond donors (Lipinski definition) is 1. The summed E-state index contributed by atoms with van der Waals surface area (Å²) in [6.45, 7) is 0. The van der Waals surface area contributed by atoms with E-state index in [0.717, 1.165) is 22.0 Å². The van der Waals surface area contributed by atoms with Gasteiger partial charge in [0.25, 0.3) is 0 Å². The Morgan fingerprint density at radius 3 is 2.50 bits per heavy atom. The number of nitrogens with zero attached hydrogens (tertiary/aromatic N) is 2. The number of carboxylic acids is 1. The van der Waals surface area contributed by atoms with E-state index in [1.165, 1.54) is 11.3 Å². The fourth-order valence-corrected chi connectivity index (χ4v) is 2.61. The maximum absolute atomic E-state index is 10.8. The van der Waals surface area contributed by atoms with Crippen LogP contribution in [0.15, 0.2) is 54.0 Å². The summed E-state index contributed by atoms with van der Waals surface area (Å²) in [5, 5.41) is 11.7. The molecule has 0 fully saturated rings. The number of thiazole rings is 1. The second-order valence-corrected chi connectivity index (χ2v) is 4.99. The monoisotopic (exact) mass is 282 g/mol. The second-order valence-electron chi connectivity index (χ2n) is 4.14. The smallest absolute Gasteiger partial charge is 0.335 e.